The van der Waals surface area contributed by atoms with Crippen LogP contribution in [-0.4, -0.2) is 23.5 Å². The smallest absolute Gasteiger partial charge is 0.261 e. The topological polar surface area (TPSA) is 79.5 Å². The molecule has 31 heavy (non-hydrogen) atoms. The Hall–Kier alpha value is -2.93. The molecule has 2 amide bonds. The van der Waals surface area contributed by atoms with Gasteiger partial charge in [-0.05, 0) is 74.2 Å². The number of carbonyl (C=O) groups excluding carboxylic acids is 2. The first-order valence-corrected chi connectivity index (χ1v) is 11.0. The minimum atomic E-state index is -0.341. The fourth-order valence-electron chi connectivity index (χ4n) is 2.93. The SMILES string of the molecule is Cc1ccc(NC(=S)NC(=O)c2ccccc2OCCC(C)C)cc1NC(=O)C1CC1. The summed E-state index contributed by atoms with van der Waals surface area (Å²) in [6, 6.07) is 12.7. The number of nitrogens with one attached hydrogen (secondary N) is 3. The zero-order valence-electron chi connectivity index (χ0n) is 18.2. The van der Waals surface area contributed by atoms with Crippen LogP contribution in [0.15, 0.2) is 42.5 Å². The molecule has 1 aliphatic rings. The normalized spacial score (nSPS) is 12.9. The Morgan fingerprint density at radius 1 is 1.13 bits per heavy atom. The molecule has 0 heterocycles. The third-order valence-electron chi connectivity index (χ3n) is 5.01. The number of hydrogen-bond acceptors (Lipinski definition) is 4. The minimum absolute atomic E-state index is 0.0465. The molecule has 3 rings (SSSR count). The van der Waals surface area contributed by atoms with Gasteiger partial charge in [0.15, 0.2) is 5.11 Å². The fraction of sp³-hybridized carbons (Fsp3) is 0.375. The molecule has 0 spiro atoms. The Morgan fingerprint density at radius 3 is 2.58 bits per heavy atom. The van der Waals surface area contributed by atoms with Crippen molar-refractivity contribution in [3.8, 4) is 5.75 Å². The highest BCUT2D eigenvalue weighted by Crippen LogP contribution is 2.31. The van der Waals surface area contributed by atoms with Crippen molar-refractivity contribution in [2.75, 3.05) is 17.2 Å². The Balaban J connectivity index is 1.60. The standard InChI is InChI=1S/C24H29N3O3S/c1-15(2)12-13-30-21-7-5-4-6-19(21)23(29)27-24(31)25-18-11-8-16(3)20(14-18)26-22(28)17-9-10-17/h4-8,11,14-15,17H,9-10,12-13H2,1-3H3,(H,26,28)(H2,25,27,29,31). The van der Waals surface area contributed by atoms with Gasteiger partial charge < -0.3 is 15.4 Å². The van der Waals surface area contributed by atoms with Crippen LogP contribution < -0.4 is 20.7 Å². The molecule has 6 nitrogen and oxygen atoms in total. The second-order valence-electron chi connectivity index (χ2n) is 8.23. The van der Waals surface area contributed by atoms with E-state index in [-0.39, 0.29) is 22.8 Å². The van der Waals surface area contributed by atoms with Gasteiger partial charge in [-0.2, -0.15) is 0 Å². The molecule has 2 aromatic rings. The number of hydrogen-bond donors (Lipinski definition) is 3. The number of amides is 2. The van der Waals surface area contributed by atoms with E-state index in [2.05, 4.69) is 29.8 Å². The van der Waals surface area contributed by atoms with Crippen LogP contribution in [0.4, 0.5) is 11.4 Å². The van der Waals surface area contributed by atoms with Gasteiger partial charge in [0, 0.05) is 17.3 Å². The molecule has 0 aliphatic heterocycles. The molecule has 0 radical (unpaired) electrons. The van der Waals surface area contributed by atoms with E-state index in [4.69, 9.17) is 17.0 Å². The molecule has 2 aromatic carbocycles. The largest absolute Gasteiger partial charge is 0.493 e. The lowest BCUT2D eigenvalue weighted by molar-refractivity contribution is -0.117. The summed E-state index contributed by atoms with van der Waals surface area (Å²) in [5.74, 6) is 0.881. The zero-order valence-corrected chi connectivity index (χ0v) is 19.0. The van der Waals surface area contributed by atoms with Crippen LogP contribution in [0.5, 0.6) is 5.75 Å². The molecule has 0 atom stereocenters. The summed E-state index contributed by atoms with van der Waals surface area (Å²) in [6.45, 7) is 6.73. The first-order valence-electron chi connectivity index (χ1n) is 10.6. The number of rotatable bonds is 8. The Kier molecular flexibility index (Phi) is 7.63. The van der Waals surface area contributed by atoms with Gasteiger partial charge in [-0.25, -0.2) is 0 Å². The minimum Gasteiger partial charge on any atom is -0.493 e. The molecule has 164 valence electrons. The molecule has 7 heteroatoms. The van der Waals surface area contributed by atoms with E-state index in [0.29, 0.717) is 29.5 Å². The summed E-state index contributed by atoms with van der Waals surface area (Å²) in [4.78, 5) is 24.8. The Bertz CT molecular complexity index is 970. The van der Waals surface area contributed by atoms with E-state index in [0.717, 1.165) is 30.5 Å². The lowest BCUT2D eigenvalue weighted by atomic mass is 10.1. The van der Waals surface area contributed by atoms with E-state index >= 15 is 0 Å². The van der Waals surface area contributed by atoms with E-state index in [1.165, 1.54) is 0 Å². The number of aryl methyl sites for hydroxylation is 1. The highest BCUT2D eigenvalue weighted by atomic mass is 32.1. The van der Waals surface area contributed by atoms with Crippen molar-refractivity contribution < 1.29 is 14.3 Å². The number of para-hydroxylation sites is 1. The molecule has 1 aliphatic carbocycles. The quantitative estimate of drug-likeness (QED) is 0.510. The van der Waals surface area contributed by atoms with Crippen LogP contribution in [0.3, 0.4) is 0 Å². The Labute approximate surface area is 188 Å². The van der Waals surface area contributed by atoms with Gasteiger partial charge in [-0.3, -0.25) is 14.9 Å². The molecule has 0 saturated heterocycles. The predicted octanol–water partition coefficient (Wildman–Crippen LogP) is 4.90. The number of anilines is 2. The third-order valence-corrected chi connectivity index (χ3v) is 5.22. The van der Waals surface area contributed by atoms with Crippen LogP contribution in [0.2, 0.25) is 0 Å². The van der Waals surface area contributed by atoms with E-state index in [1.807, 2.05) is 31.2 Å². The van der Waals surface area contributed by atoms with Crippen LogP contribution in [0, 0.1) is 18.8 Å². The van der Waals surface area contributed by atoms with Crippen molar-refractivity contribution in [3.05, 3.63) is 53.6 Å². The van der Waals surface area contributed by atoms with Crippen molar-refractivity contribution in [2.24, 2.45) is 11.8 Å². The average Bonchev–Trinajstić information content (AvgIpc) is 3.56. The molecular formula is C24H29N3O3S. The summed E-state index contributed by atoms with van der Waals surface area (Å²) in [5.41, 5.74) is 2.81. The summed E-state index contributed by atoms with van der Waals surface area (Å²) >= 11 is 5.32. The van der Waals surface area contributed by atoms with Crippen molar-refractivity contribution >= 4 is 40.5 Å². The number of ether oxygens (including phenoxy) is 1. The average molecular weight is 440 g/mol. The lowest BCUT2D eigenvalue weighted by Gasteiger charge is -2.15. The second-order valence-corrected chi connectivity index (χ2v) is 8.64. The van der Waals surface area contributed by atoms with E-state index in [1.54, 1.807) is 18.2 Å². The number of benzene rings is 2. The third kappa shape index (κ3) is 6.79. The maximum absolute atomic E-state index is 12.7. The molecule has 3 N–H and O–H groups in total. The van der Waals surface area contributed by atoms with Crippen molar-refractivity contribution in [1.29, 1.82) is 0 Å². The maximum Gasteiger partial charge on any atom is 0.261 e. The summed E-state index contributed by atoms with van der Waals surface area (Å²) in [7, 11) is 0. The first-order chi connectivity index (χ1) is 14.8. The zero-order chi connectivity index (χ0) is 22.4. The molecular weight excluding hydrogens is 410 g/mol. The lowest BCUT2D eigenvalue weighted by Crippen LogP contribution is -2.34. The summed E-state index contributed by atoms with van der Waals surface area (Å²) in [5, 5.41) is 8.85. The van der Waals surface area contributed by atoms with Gasteiger partial charge in [0.2, 0.25) is 5.91 Å². The predicted molar refractivity (Wildman–Crippen MR) is 128 cm³/mol. The number of thiocarbonyl (C=S) groups is 1. The van der Waals surface area contributed by atoms with Crippen LogP contribution in [0.25, 0.3) is 0 Å². The Morgan fingerprint density at radius 2 is 1.87 bits per heavy atom. The van der Waals surface area contributed by atoms with Gasteiger partial charge >= 0.3 is 0 Å². The summed E-state index contributed by atoms with van der Waals surface area (Å²) < 4.78 is 5.79. The van der Waals surface area contributed by atoms with E-state index < -0.39 is 0 Å². The van der Waals surface area contributed by atoms with Gasteiger partial charge in [0.1, 0.15) is 5.75 Å². The monoisotopic (exact) mass is 439 g/mol. The molecule has 1 saturated carbocycles. The van der Waals surface area contributed by atoms with Gasteiger partial charge in [0.05, 0.1) is 12.2 Å². The number of carbonyl (C=O) groups is 2. The van der Waals surface area contributed by atoms with Crippen LogP contribution >= 0.6 is 12.2 Å². The first kappa shape index (κ1) is 22.7. The fourth-order valence-corrected chi connectivity index (χ4v) is 3.14. The second kappa shape index (κ2) is 10.4. The van der Waals surface area contributed by atoms with Crippen LogP contribution in [0.1, 0.15) is 49.0 Å². The van der Waals surface area contributed by atoms with Crippen LogP contribution in [-0.2, 0) is 4.79 Å². The van der Waals surface area contributed by atoms with Gasteiger partial charge in [-0.15, -0.1) is 0 Å². The summed E-state index contributed by atoms with van der Waals surface area (Å²) in [6.07, 6.45) is 2.80. The molecule has 0 aromatic heterocycles. The molecule has 0 unspecified atom stereocenters. The van der Waals surface area contributed by atoms with Gasteiger partial charge in [0.25, 0.3) is 5.91 Å². The highest BCUT2D eigenvalue weighted by Gasteiger charge is 2.29. The maximum atomic E-state index is 12.7. The highest BCUT2D eigenvalue weighted by molar-refractivity contribution is 7.80. The van der Waals surface area contributed by atoms with E-state index in [9.17, 15) is 9.59 Å². The van der Waals surface area contributed by atoms with Crippen molar-refractivity contribution in [3.63, 3.8) is 0 Å². The van der Waals surface area contributed by atoms with Crippen molar-refractivity contribution in [2.45, 2.75) is 40.0 Å². The van der Waals surface area contributed by atoms with Crippen molar-refractivity contribution in [1.82, 2.24) is 5.32 Å². The molecule has 1 fully saturated rings. The van der Waals surface area contributed by atoms with Gasteiger partial charge in [-0.1, -0.05) is 32.0 Å². The molecule has 0 bridgehead atoms.